The first-order valence-electron chi connectivity index (χ1n) is 7.75. The summed E-state index contributed by atoms with van der Waals surface area (Å²) < 4.78 is 7.04. The minimum absolute atomic E-state index is 0.173. The Balaban J connectivity index is 2.29. The number of rotatable bonds is 11. The molecule has 1 heterocycles. The standard InChI is InChI=1S/C16H26N2O2S/c1-2-3-4-5-6-7-8-12-20-14-10-9-11-18(16(14)19)13-15(17)21/h9-11H,2-8,12-13H2,1H3,(H2,17,21). The molecule has 0 spiro atoms. The van der Waals surface area contributed by atoms with Gasteiger partial charge in [0.2, 0.25) is 0 Å². The highest BCUT2D eigenvalue weighted by molar-refractivity contribution is 7.80. The summed E-state index contributed by atoms with van der Waals surface area (Å²) in [6, 6.07) is 3.47. The zero-order valence-electron chi connectivity index (χ0n) is 12.8. The summed E-state index contributed by atoms with van der Waals surface area (Å²) in [5.74, 6) is 0.375. The summed E-state index contributed by atoms with van der Waals surface area (Å²) in [5, 5.41) is 0. The topological polar surface area (TPSA) is 57.2 Å². The van der Waals surface area contributed by atoms with Gasteiger partial charge in [-0.05, 0) is 18.6 Å². The van der Waals surface area contributed by atoms with Gasteiger partial charge in [-0.3, -0.25) is 4.79 Å². The molecule has 0 atom stereocenters. The Hall–Kier alpha value is -1.36. The van der Waals surface area contributed by atoms with Crippen LogP contribution in [0.4, 0.5) is 0 Å². The van der Waals surface area contributed by atoms with Gasteiger partial charge in [0, 0.05) is 6.20 Å². The fourth-order valence-corrected chi connectivity index (χ4v) is 2.30. The molecule has 0 amide bonds. The van der Waals surface area contributed by atoms with Crippen LogP contribution in [0.3, 0.4) is 0 Å². The lowest BCUT2D eigenvalue weighted by Gasteiger charge is -2.09. The van der Waals surface area contributed by atoms with Crippen molar-refractivity contribution in [2.24, 2.45) is 5.73 Å². The number of hydrogen-bond donors (Lipinski definition) is 1. The van der Waals surface area contributed by atoms with Crippen LogP contribution in [-0.2, 0) is 6.54 Å². The average molecular weight is 310 g/mol. The van der Waals surface area contributed by atoms with Gasteiger partial charge >= 0.3 is 0 Å². The zero-order chi connectivity index (χ0) is 15.5. The van der Waals surface area contributed by atoms with E-state index in [4.69, 9.17) is 22.7 Å². The minimum Gasteiger partial charge on any atom is -0.488 e. The van der Waals surface area contributed by atoms with E-state index in [1.807, 2.05) is 0 Å². The molecule has 1 aromatic heterocycles. The summed E-state index contributed by atoms with van der Waals surface area (Å²) in [6.45, 7) is 3.06. The Bertz CT molecular complexity index is 485. The third-order valence-corrected chi connectivity index (χ3v) is 3.45. The molecule has 0 aliphatic rings. The van der Waals surface area contributed by atoms with Crippen LogP contribution >= 0.6 is 12.2 Å². The molecule has 0 aromatic carbocycles. The first-order chi connectivity index (χ1) is 10.1. The Morgan fingerprint density at radius 3 is 2.57 bits per heavy atom. The normalized spacial score (nSPS) is 10.5. The third kappa shape index (κ3) is 7.27. The molecule has 21 heavy (non-hydrogen) atoms. The number of thiocarbonyl (C=S) groups is 1. The van der Waals surface area contributed by atoms with Gasteiger partial charge in [-0.25, -0.2) is 0 Å². The molecule has 0 aliphatic heterocycles. The van der Waals surface area contributed by atoms with Crippen molar-refractivity contribution in [3.05, 3.63) is 28.7 Å². The zero-order valence-corrected chi connectivity index (χ0v) is 13.7. The number of nitrogens with two attached hydrogens (primary N) is 1. The molecule has 118 valence electrons. The predicted molar refractivity (Wildman–Crippen MR) is 91.0 cm³/mol. The molecule has 0 fully saturated rings. The summed E-state index contributed by atoms with van der Waals surface area (Å²) in [5.41, 5.74) is 5.29. The summed E-state index contributed by atoms with van der Waals surface area (Å²) in [6.07, 6.45) is 10.2. The smallest absolute Gasteiger partial charge is 0.293 e. The fourth-order valence-electron chi connectivity index (χ4n) is 2.16. The van der Waals surface area contributed by atoms with E-state index in [1.54, 1.807) is 18.3 Å². The maximum atomic E-state index is 12.1. The second kappa shape index (κ2) is 10.4. The van der Waals surface area contributed by atoms with Crippen molar-refractivity contribution >= 4 is 17.2 Å². The van der Waals surface area contributed by atoms with E-state index < -0.39 is 0 Å². The van der Waals surface area contributed by atoms with Crippen molar-refractivity contribution in [1.29, 1.82) is 0 Å². The molecule has 1 aromatic rings. The van der Waals surface area contributed by atoms with E-state index in [0.717, 1.165) is 12.8 Å². The Kier molecular flexibility index (Phi) is 8.74. The van der Waals surface area contributed by atoms with Crippen LogP contribution in [0.25, 0.3) is 0 Å². The van der Waals surface area contributed by atoms with Crippen molar-refractivity contribution < 1.29 is 4.74 Å². The first-order valence-corrected chi connectivity index (χ1v) is 8.16. The van der Waals surface area contributed by atoms with Crippen LogP contribution in [0.2, 0.25) is 0 Å². The maximum Gasteiger partial charge on any atom is 0.293 e. The number of aromatic nitrogens is 1. The van der Waals surface area contributed by atoms with E-state index in [-0.39, 0.29) is 12.1 Å². The van der Waals surface area contributed by atoms with Gasteiger partial charge in [0.05, 0.1) is 18.1 Å². The van der Waals surface area contributed by atoms with Crippen LogP contribution in [0.1, 0.15) is 51.9 Å². The Morgan fingerprint density at radius 2 is 1.90 bits per heavy atom. The van der Waals surface area contributed by atoms with Gasteiger partial charge < -0.3 is 15.0 Å². The highest BCUT2D eigenvalue weighted by atomic mass is 32.1. The molecule has 1 rings (SSSR count). The van der Waals surface area contributed by atoms with Crippen molar-refractivity contribution in [1.82, 2.24) is 4.57 Å². The number of hydrogen-bond acceptors (Lipinski definition) is 3. The predicted octanol–water partition coefficient (Wildman–Crippen LogP) is 3.26. The van der Waals surface area contributed by atoms with Gasteiger partial charge in [0.25, 0.3) is 5.56 Å². The first kappa shape index (κ1) is 17.7. The van der Waals surface area contributed by atoms with Crippen molar-refractivity contribution in [3.8, 4) is 5.75 Å². The van der Waals surface area contributed by atoms with E-state index in [2.05, 4.69) is 6.92 Å². The van der Waals surface area contributed by atoms with Gasteiger partial charge in [0.15, 0.2) is 5.75 Å². The quantitative estimate of drug-likeness (QED) is 0.503. The SMILES string of the molecule is CCCCCCCCCOc1cccn(CC(N)=S)c1=O. The third-order valence-electron chi connectivity index (χ3n) is 3.32. The van der Waals surface area contributed by atoms with Crippen molar-refractivity contribution in [3.63, 3.8) is 0 Å². The second-order valence-electron chi connectivity index (χ2n) is 5.24. The molecule has 0 aliphatic carbocycles. The van der Waals surface area contributed by atoms with Crippen LogP contribution < -0.4 is 16.0 Å². The average Bonchev–Trinajstić information content (AvgIpc) is 2.45. The second-order valence-corrected chi connectivity index (χ2v) is 5.77. The molecule has 0 saturated heterocycles. The number of pyridine rings is 1. The number of ether oxygens (including phenoxy) is 1. The molecule has 2 N–H and O–H groups in total. The van der Waals surface area contributed by atoms with Crippen molar-refractivity contribution in [2.45, 2.75) is 58.4 Å². The van der Waals surface area contributed by atoms with Gasteiger partial charge in [-0.1, -0.05) is 57.7 Å². The maximum absolute atomic E-state index is 12.1. The molecule has 4 nitrogen and oxygen atoms in total. The van der Waals surface area contributed by atoms with Crippen LogP contribution in [0.5, 0.6) is 5.75 Å². The molecule has 0 bridgehead atoms. The number of unbranched alkanes of at least 4 members (excludes halogenated alkanes) is 6. The summed E-state index contributed by atoms with van der Waals surface area (Å²) in [4.78, 5) is 12.4. The molecule has 5 heteroatoms. The molecule has 0 radical (unpaired) electrons. The highest BCUT2D eigenvalue weighted by Crippen LogP contribution is 2.08. The lowest BCUT2D eigenvalue weighted by atomic mass is 10.1. The monoisotopic (exact) mass is 310 g/mol. The van der Waals surface area contributed by atoms with Crippen LogP contribution in [0.15, 0.2) is 23.1 Å². The fraction of sp³-hybridized carbons (Fsp3) is 0.625. The lowest BCUT2D eigenvalue weighted by molar-refractivity contribution is 0.298. The number of nitrogens with zero attached hydrogens (tertiary/aromatic N) is 1. The minimum atomic E-state index is -0.173. The van der Waals surface area contributed by atoms with Gasteiger partial charge in [0.1, 0.15) is 0 Å². The molecule has 0 unspecified atom stereocenters. The lowest BCUT2D eigenvalue weighted by Crippen LogP contribution is -2.27. The molecular formula is C16H26N2O2S. The Labute approximate surface area is 132 Å². The molecule has 0 saturated carbocycles. The van der Waals surface area contributed by atoms with E-state index in [9.17, 15) is 4.79 Å². The van der Waals surface area contributed by atoms with E-state index in [1.165, 1.54) is 36.7 Å². The van der Waals surface area contributed by atoms with Crippen LogP contribution in [-0.4, -0.2) is 16.2 Å². The van der Waals surface area contributed by atoms with Crippen molar-refractivity contribution in [2.75, 3.05) is 6.61 Å². The van der Waals surface area contributed by atoms with Crippen LogP contribution in [0, 0.1) is 0 Å². The largest absolute Gasteiger partial charge is 0.488 e. The Morgan fingerprint density at radius 1 is 1.24 bits per heavy atom. The van der Waals surface area contributed by atoms with E-state index >= 15 is 0 Å². The van der Waals surface area contributed by atoms with E-state index in [0.29, 0.717) is 17.3 Å². The molecular weight excluding hydrogens is 284 g/mol. The van der Waals surface area contributed by atoms with Gasteiger partial charge in [-0.2, -0.15) is 0 Å². The van der Waals surface area contributed by atoms with Gasteiger partial charge in [-0.15, -0.1) is 0 Å². The highest BCUT2D eigenvalue weighted by Gasteiger charge is 2.04. The summed E-state index contributed by atoms with van der Waals surface area (Å²) in [7, 11) is 0. The summed E-state index contributed by atoms with van der Waals surface area (Å²) >= 11 is 4.82.